The normalized spacial score (nSPS) is 12.3. The highest BCUT2D eigenvalue weighted by atomic mass is 31.2. The van der Waals surface area contributed by atoms with Gasteiger partial charge >= 0.3 is 7.60 Å². The molecule has 2 aromatic rings. The fourth-order valence-corrected chi connectivity index (χ4v) is 2.36. The fourth-order valence-electron chi connectivity index (χ4n) is 1.29. The van der Waals surface area contributed by atoms with E-state index in [0.717, 1.165) is 0 Å². The number of nitrogens with one attached hydrogen (secondary N) is 1. The molecule has 98 valence electrons. The summed E-state index contributed by atoms with van der Waals surface area (Å²) in [5, 5.41) is 0.291. The number of rotatable bonds is 3. The van der Waals surface area contributed by atoms with Gasteiger partial charge in [-0.15, -0.1) is 5.53 Å². The Balaban J connectivity index is 0.000000550. The second kappa shape index (κ2) is 7.24. The van der Waals surface area contributed by atoms with Gasteiger partial charge < -0.3 is 9.42 Å². The molecule has 0 aromatic heterocycles. The zero-order chi connectivity index (χ0) is 14.1. The van der Waals surface area contributed by atoms with E-state index in [-0.39, 0.29) is 0 Å². The monoisotopic (exact) mass is 277 g/mol. The quantitative estimate of drug-likeness (QED) is 0.388. The minimum Gasteiger partial charge on any atom is -0.421 e. The van der Waals surface area contributed by atoms with Gasteiger partial charge in [0.2, 0.25) is 0 Å². The van der Waals surface area contributed by atoms with Gasteiger partial charge in [0.15, 0.2) is 0 Å². The summed E-state index contributed by atoms with van der Waals surface area (Å²) in [5.41, 5.74) is 12.2. The first-order valence-corrected chi connectivity index (χ1v) is 6.82. The summed E-state index contributed by atoms with van der Waals surface area (Å²) < 4.78 is 17.0. The van der Waals surface area contributed by atoms with Crippen LogP contribution in [-0.4, -0.2) is 4.89 Å². The van der Waals surface area contributed by atoms with Crippen LogP contribution in [0.15, 0.2) is 60.7 Å². The van der Waals surface area contributed by atoms with Gasteiger partial charge in [-0.1, -0.05) is 36.4 Å². The molecule has 0 radical (unpaired) electrons. The van der Waals surface area contributed by atoms with Crippen LogP contribution in [0.2, 0.25) is 0 Å². The summed E-state index contributed by atoms with van der Waals surface area (Å²) in [6, 6.07) is 16.9. The third kappa shape index (κ3) is 4.85. The minimum absolute atomic E-state index is 0.291. The van der Waals surface area contributed by atoms with Crippen LogP contribution in [0.5, 0.6) is 5.75 Å². The van der Waals surface area contributed by atoms with Gasteiger partial charge in [0.1, 0.15) is 5.75 Å². The molecule has 0 saturated heterocycles. The molecule has 0 fully saturated rings. The molecule has 0 aliphatic carbocycles. The van der Waals surface area contributed by atoms with Crippen LogP contribution in [0, 0.1) is 5.53 Å². The summed E-state index contributed by atoms with van der Waals surface area (Å²) in [7, 11) is -3.77. The van der Waals surface area contributed by atoms with Crippen molar-refractivity contribution in [3.63, 3.8) is 0 Å². The molecule has 7 heteroatoms. The molecule has 19 heavy (non-hydrogen) atoms. The summed E-state index contributed by atoms with van der Waals surface area (Å²) in [6.45, 7) is 0. The summed E-state index contributed by atoms with van der Waals surface area (Å²) >= 11 is 0. The number of hydrogen-bond acceptors (Lipinski definition) is 3. The van der Waals surface area contributed by atoms with Crippen molar-refractivity contribution in [3.8, 4) is 5.75 Å². The third-order valence-electron chi connectivity index (χ3n) is 2.05. The van der Waals surface area contributed by atoms with E-state index >= 15 is 0 Å². The summed E-state index contributed by atoms with van der Waals surface area (Å²) in [6.07, 6.45) is 0. The highest BCUT2D eigenvalue weighted by molar-refractivity contribution is 7.61. The van der Waals surface area contributed by atoms with Gasteiger partial charge in [-0.05, 0) is 34.7 Å². The Kier molecular flexibility index (Phi) is 5.64. The third-order valence-corrected chi connectivity index (χ3v) is 3.46. The lowest BCUT2D eigenvalue weighted by Gasteiger charge is -2.12. The van der Waals surface area contributed by atoms with Crippen molar-refractivity contribution >= 4 is 12.9 Å². The Labute approximate surface area is 110 Å². The average Bonchev–Trinajstić information content (AvgIpc) is 2.41. The van der Waals surface area contributed by atoms with Crippen molar-refractivity contribution in [2.75, 3.05) is 0 Å². The molecule has 0 aliphatic rings. The predicted octanol–water partition coefficient (Wildman–Crippen LogP) is 3.45. The van der Waals surface area contributed by atoms with E-state index in [2.05, 4.69) is 0 Å². The number of hydrogen-bond donors (Lipinski definition) is 2. The molecule has 2 aromatic carbocycles. The van der Waals surface area contributed by atoms with Crippen molar-refractivity contribution in [3.05, 3.63) is 71.1 Å². The van der Waals surface area contributed by atoms with Crippen LogP contribution in [0.4, 0.5) is 0 Å². The first-order chi connectivity index (χ1) is 9.10. The topological polar surface area (TPSA) is 107 Å². The van der Waals surface area contributed by atoms with Crippen LogP contribution in [0.1, 0.15) is 0 Å². The van der Waals surface area contributed by atoms with Gasteiger partial charge in [0.25, 0.3) is 0 Å². The Morgan fingerprint density at radius 2 is 1.47 bits per heavy atom. The van der Waals surface area contributed by atoms with Gasteiger partial charge in [-0.3, -0.25) is 0 Å². The molecular weight excluding hydrogens is 265 g/mol. The van der Waals surface area contributed by atoms with Crippen LogP contribution < -0.4 is 9.83 Å². The van der Waals surface area contributed by atoms with Gasteiger partial charge in [0.05, 0.1) is 5.30 Å². The Morgan fingerprint density at radius 3 is 1.95 bits per heavy atom. The zero-order valence-corrected chi connectivity index (χ0v) is 10.8. The maximum atomic E-state index is 11.9. The maximum Gasteiger partial charge on any atom is 0.408 e. The van der Waals surface area contributed by atoms with E-state index in [1.54, 1.807) is 59.5 Å². The summed E-state index contributed by atoms with van der Waals surface area (Å²) in [4.78, 5) is 11.5. The molecule has 6 nitrogen and oxygen atoms in total. The zero-order valence-electron chi connectivity index (χ0n) is 9.88. The molecule has 0 aliphatic heterocycles. The Morgan fingerprint density at radius 1 is 1.05 bits per heavy atom. The lowest BCUT2D eigenvalue weighted by atomic mass is 10.3. The molecule has 2 rings (SSSR count). The van der Waals surface area contributed by atoms with Crippen LogP contribution in [0.25, 0.3) is 10.4 Å². The van der Waals surface area contributed by atoms with Gasteiger partial charge in [-0.25, -0.2) is 4.57 Å². The van der Waals surface area contributed by atoms with Crippen molar-refractivity contribution < 1.29 is 14.0 Å². The van der Waals surface area contributed by atoms with E-state index in [4.69, 9.17) is 15.6 Å². The Bertz CT molecular complexity index is 584. The molecule has 0 saturated carbocycles. The number of nitrogens with zero attached hydrogens (tertiary/aromatic N) is 2. The van der Waals surface area contributed by atoms with Crippen LogP contribution >= 0.6 is 7.60 Å². The second-order valence-corrected chi connectivity index (χ2v) is 5.10. The minimum atomic E-state index is -3.77. The molecule has 0 amide bonds. The molecule has 0 bridgehead atoms. The van der Waals surface area contributed by atoms with Crippen molar-refractivity contribution in [2.24, 2.45) is 0 Å². The first kappa shape index (κ1) is 14.8. The van der Waals surface area contributed by atoms with E-state index in [1.165, 1.54) is 0 Å². The van der Waals surface area contributed by atoms with Crippen molar-refractivity contribution in [1.29, 1.82) is 5.53 Å². The molecular formula is C12H12N3O3P. The second-order valence-electron chi connectivity index (χ2n) is 3.36. The van der Waals surface area contributed by atoms with E-state index in [9.17, 15) is 9.46 Å². The fraction of sp³-hybridized carbons (Fsp3) is 0. The average molecular weight is 277 g/mol. The maximum absolute atomic E-state index is 11.9. The lowest BCUT2D eigenvalue weighted by Crippen LogP contribution is -2.08. The Hall–Kier alpha value is -2.26. The van der Waals surface area contributed by atoms with E-state index in [0.29, 0.717) is 11.1 Å². The standard InChI is InChI=1S/C12H11O3P.HN3/c13-16(14,12-9-5-2-6-10-12)15-11-7-3-1-4-8-11;1-3-2/h1-10H,(H,13,14);1H. The SMILES string of the molecule is O=P(O)(Oc1ccccc1)c1ccccc1.[N-]=[N+]=N. The van der Waals surface area contributed by atoms with Crippen molar-refractivity contribution in [2.45, 2.75) is 0 Å². The van der Waals surface area contributed by atoms with Crippen LogP contribution in [-0.2, 0) is 4.57 Å². The highest BCUT2D eigenvalue weighted by Crippen LogP contribution is 2.41. The van der Waals surface area contributed by atoms with Crippen molar-refractivity contribution in [1.82, 2.24) is 0 Å². The number of benzene rings is 2. The molecule has 2 N–H and O–H groups in total. The largest absolute Gasteiger partial charge is 0.421 e. The van der Waals surface area contributed by atoms with E-state index in [1.807, 2.05) is 6.07 Å². The highest BCUT2D eigenvalue weighted by Gasteiger charge is 2.23. The first-order valence-electron chi connectivity index (χ1n) is 5.24. The molecule has 0 spiro atoms. The number of para-hydroxylation sites is 1. The summed E-state index contributed by atoms with van der Waals surface area (Å²) in [5.74, 6) is 0.386. The molecule has 0 heterocycles. The predicted molar refractivity (Wildman–Crippen MR) is 72.4 cm³/mol. The van der Waals surface area contributed by atoms with Gasteiger partial charge in [-0.2, -0.15) is 0 Å². The smallest absolute Gasteiger partial charge is 0.408 e. The molecule has 1 atom stereocenters. The van der Waals surface area contributed by atoms with Crippen LogP contribution in [0.3, 0.4) is 0 Å². The lowest BCUT2D eigenvalue weighted by molar-refractivity contribution is 0.393. The van der Waals surface area contributed by atoms with E-state index < -0.39 is 7.60 Å². The molecule has 1 unspecified atom stereocenters. The van der Waals surface area contributed by atoms with Gasteiger partial charge in [0, 0.05) is 0 Å².